The van der Waals surface area contributed by atoms with Gasteiger partial charge in [0.2, 0.25) is 0 Å². The van der Waals surface area contributed by atoms with Gasteiger partial charge in [-0.2, -0.15) is 0 Å². The summed E-state index contributed by atoms with van der Waals surface area (Å²) >= 11 is 0. The molecule has 1 saturated carbocycles. The van der Waals surface area contributed by atoms with Gasteiger partial charge in [-0.25, -0.2) is 4.79 Å². The maximum absolute atomic E-state index is 12.9. The molecule has 2 atom stereocenters. The molecule has 1 aliphatic carbocycles. The van der Waals surface area contributed by atoms with Gasteiger partial charge in [-0.15, -0.1) is 0 Å². The van der Waals surface area contributed by atoms with Crippen molar-refractivity contribution in [2.45, 2.75) is 52.0 Å². The molecule has 33 heavy (non-hydrogen) atoms. The van der Waals surface area contributed by atoms with Crippen molar-refractivity contribution in [1.29, 1.82) is 0 Å². The van der Waals surface area contributed by atoms with Gasteiger partial charge in [-0.1, -0.05) is 13.8 Å². The zero-order valence-corrected chi connectivity index (χ0v) is 20.1. The summed E-state index contributed by atoms with van der Waals surface area (Å²) in [6.07, 6.45) is 4.54. The molecule has 0 unspecified atom stereocenters. The molecule has 1 aliphatic heterocycles. The van der Waals surface area contributed by atoms with Crippen molar-refractivity contribution in [2.24, 2.45) is 5.41 Å². The molecule has 0 saturated heterocycles. The highest BCUT2D eigenvalue weighted by Gasteiger charge is 2.47. The molecule has 1 aromatic heterocycles. The second-order valence-corrected chi connectivity index (χ2v) is 9.43. The summed E-state index contributed by atoms with van der Waals surface area (Å²) in [6, 6.07) is 5.71. The van der Waals surface area contributed by atoms with Gasteiger partial charge in [-0.05, 0) is 42.9 Å². The Labute approximate surface area is 194 Å². The topological polar surface area (TPSA) is 76.0 Å². The number of benzene rings is 1. The lowest BCUT2D eigenvalue weighted by atomic mass is 9.77. The van der Waals surface area contributed by atoms with Crippen molar-refractivity contribution in [2.75, 3.05) is 34.0 Å². The number of esters is 1. The molecule has 178 valence electrons. The van der Waals surface area contributed by atoms with Gasteiger partial charge in [-0.3, -0.25) is 4.79 Å². The van der Waals surface area contributed by atoms with E-state index in [0.717, 1.165) is 36.1 Å². The van der Waals surface area contributed by atoms with E-state index in [4.69, 9.17) is 18.9 Å². The zero-order valence-electron chi connectivity index (χ0n) is 20.1. The first-order chi connectivity index (χ1) is 15.8. The van der Waals surface area contributed by atoms with E-state index in [1.165, 1.54) is 0 Å². The first-order valence-corrected chi connectivity index (χ1v) is 11.6. The number of carbonyl (C=O) groups is 1. The molecule has 7 heteroatoms. The highest BCUT2D eigenvalue weighted by molar-refractivity contribution is 5.89. The Morgan fingerprint density at radius 2 is 1.94 bits per heavy atom. The van der Waals surface area contributed by atoms with Crippen LogP contribution in [0.2, 0.25) is 0 Å². The summed E-state index contributed by atoms with van der Waals surface area (Å²) in [5.41, 5.74) is 2.65. The number of rotatable bonds is 8. The number of ether oxygens (including phenoxy) is 4. The highest BCUT2D eigenvalue weighted by Crippen LogP contribution is 2.59. The Morgan fingerprint density at radius 3 is 2.64 bits per heavy atom. The highest BCUT2D eigenvalue weighted by atomic mass is 16.5. The summed E-state index contributed by atoms with van der Waals surface area (Å²) in [6.45, 7) is 7.62. The van der Waals surface area contributed by atoms with E-state index in [9.17, 15) is 9.59 Å². The van der Waals surface area contributed by atoms with Crippen molar-refractivity contribution in [3.63, 3.8) is 0 Å². The van der Waals surface area contributed by atoms with Crippen LogP contribution in [0.15, 0.2) is 29.2 Å². The number of nitrogens with zero attached hydrogens (tertiary/aromatic N) is 1. The van der Waals surface area contributed by atoms with E-state index in [1.54, 1.807) is 33.4 Å². The standard InChI is InChI=1S/C26H33NO6/c1-6-32-25(29)19-15-27-20(14-21(19)28)18-13-22(31-5)23(33-11-7-10-30-4)12-17(18)16-8-9-26(2,3)24(16)27/h12-16,24H,6-11H2,1-5H3/t16-,24+/m1/s1. The lowest BCUT2D eigenvalue weighted by Gasteiger charge is -2.40. The minimum atomic E-state index is -0.576. The van der Waals surface area contributed by atoms with Gasteiger partial charge in [0, 0.05) is 49.9 Å². The predicted octanol–water partition coefficient (Wildman–Crippen LogP) is 4.57. The van der Waals surface area contributed by atoms with Crippen LogP contribution in [-0.2, 0) is 9.47 Å². The maximum Gasteiger partial charge on any atom is 0.343 e. The van der Waals surface area contributed by atoms with Gasteiger partial charge >= 0.3 is 5.97 Å². The molecule has 0 radical (unpaired) electrons. The summed E-state index contributed by atoms with van der Waals surface area (Å²) in [5, 5.41) is 0. The van der Waals surface area contributed by atoms with Crippen LogP contribution >= 0.6 is 0 Å². The summed E-state index contributed by atoms with van der Waals surface area (Å²) in [7, 11) is 3.29. The first-order valence-electron chi connectivity index (χ1n) is 11.6. The summed E-state index contributed by atoms with van der Waals surface area (Å²) in [4.78, 5) is 25.4. The van der Waals surface area contributed by atoms with Crippen LogP contribution in [0, 0.1) is 5.41 Å². The number of pyridine rings is 1. The molecular weight excluding hydrogens is 422 g/mol. The Balaban J connectivity index is 1.86. The SMILES string of the molecule is CCOC(=O)c1cn2c(cc1=O)-c1cc(OC)c(OCCCOC)cc1[C@H]1CCC(C)(C)[C@H]12. The Hall–Kier alpha value is -2.80. The molecular formula is C26H33NO6. The fourth-order valence-corrected chi connectivity index (χ4v) is 5.39. The largest absolute Gasteiger partial charge is 0.493 e. The Morgan fingerprint density at radius 1 is 1.15 bits per heavy atom. The smallest absolute Gasteiger partial charge is 0.343 e. The molecule has 7 nitrogen and oxygen atoms in total. The van der Waals surface area contributed by atoms with E-state index < -0.39 is 5.97 Å². The van der Waals surface area contributed by atoms with Crippen molar-refractivity contribution < 1.29 is 23.7 Å². The van der Waals surface area contributed by atoms with Crippen LogP contribution < -0.4 is 14.9 Å². The zero-order chi connectivity index (χ0) is 23.8. The third-order valence-corrected chi connectivity index (χ3v) is 6.92. The molecule has 1 aromatic carbocycles. The van der Waals surface area contributed by atoms with E-state index in [1.807, 2.05) is 6.07 Å². The van der Waals surface area contributed by atoms with Crippen LogP contribution in [0.1, 0.15) is 67.9 Å². The molecule has 2 heterocycles. The van der Waals surface area contributed by atoms with Crippen LogP contribution in [0.5, 0.6) is 11.5 Å². The minimum Gasteiger partial charge on any atom is -0.493 e. The monoisotopic (exact) mass is 455 g/mol. The second-order valence-electron chi connectivity index (χ2n) is 9.43. The van der Waals surface area contributed by atoms with E-state index in [-0.39, 0.29) is 35.0 Å². The molecule has 2 aliphatic rings. The molecule has 1 fully saturated rings. The molecule has 4 rings (SSSR count). The van der Waals surface area contributed by atoms with Gasteiger partial charge in [0.15, 0.2) is 16.9 Å². The first kappa shape index (κ1) is 23.4. The average Bonchev–Trinajstić information content (AvgIpc) is 3.11. The fourth-order valence-electron chi connectivity index (χ4n) is 5.39. The molecule has 2 aromatic rings. The van der Waals surface area contributed by atoms with Crippen molar-refractivity contribution in [3.8, 4) is 22.8 Å². The normalized spacial score (nSPS) is 19.9. The van der Waals surface area contributed by atoms with Crippen LogP contribution in [0.3, 0.4) is 0 Å². The number of fused-ring (bicyclic) bond motifs is 6. The lowest BCUT2D eigenvalue weighted by molar-refractivity contribution is 0.0523. The maximum atomic E-state index is 12.9. The second kappa shape index (κ2) is 9.21. The average molecular weight is 456 g/mol. The van der Waals surface area contributed by atoms with E-state index >= 15 is 0 Å². The quantitative estimate of drug-likeness (QED) is 0.429. The van der Waals surface area contributed by atoms with Crippen LogP contribution in [0.4, 0.5) is 0 Å². The number of aromatic nitrogens is 1. The van der Waals surface area contributed by atoms with Crippen molar-refractivity contribution in [1.82, 2.24) is 4.57 Å². The fraction of sp³-hybridized carbons (Fsp3) is 0.538. The lowest BCUT2D eigenvalue weighted by Crippen LogP contribution is -2.32. The predicted molar refractivity (Wildman–Crippen MR) is 125 cm³/mol. The third-order valence-electron chi connectivity index (χ3n) is 6.92. The van der Waals surface area contributed by atoms with E-state index in [2.05, 4.69) is 24.5 Å². The van der Waals surface area contributed by atoms with Crippen molar-refractivity contribution >= 4 is 5.97 Å². The van der Waals surface area contributed by atoms with Crippen LogP contribution in [0.25, 0.3) is 11.3 Å². The molecule has 0 amide bonds. The Kier molecular flexibility index (Phi) is 6.52. The molecule has 0 bridgehead atoms. The summed E-state index contributed by atoms with van der Waals surface area (Å²) in [5.74, 6) is 0.991. The van der Waals surface area contributed by atoms with Gasteiger partial charge in [0.05, 0.1) is 26.0 Å². The number of carbonyl (C=O) groups excluding carboxylic acids is 1. The number of methoxy groups -OCH3 is 2. The van der Waals surface area contributed by atoms with Crippen LogP contribution in [-0.4, -0.2) is 44.6 Å². The third kappa shape index (κ3) is 4.14. The van der Waals surface area contributed by atoms with Gasteiger partial charge in [0.1, 0.15) is 5.56 Å². The van der Waals surface area contributed by atoms with Gasteiger partial charge in [0.25, 0.3) is 0 Å². The number of hydrogen-bond acceptors (Lipinski definition) is 6. The minimum absolute atomic E-state index is 0.00246. The molecule has 0 N–H and O–H groups in total. The van der Waals surface area contributed by atoms with Gasteiger partial charge < -0.3 is 23.5 Å². The molecule has 0 spiro atoms. The number of hydrogen-bond donors (Lipinski definition) is 0. The Bertz CT molecular complexity index is 1100. The summed E-state index contributed by atoms with van der Waals surface area (Å²) < 4.78 is 24.1. The van der Waals surface area contributed by atoms with E-state index in [0.29, 0.717) is 24.7 Å². The van der Waals surface area contributed by atoms with Crippen molar-refractivity contribution in [3.05, 3.63) is 45.7 Å².